The van der Waals surface area contributed by atoms with Crippen LogP contribution in [0.25, 0.3) is 10.9 Å². The van der Waals surface area contributed by atoms with Crippen molar-refractivity contribution < 1.29 is 13.2 Å². The van der Waals surface area contributed by atoms with Crippen molar-refractivity contribution in [2.45, 2.75) is 19.3 Å². The first kappa shape index (κ1) is 14.2. The number of hydrogen-bond donors (Lipinski definition) is 1. The van der Waals surface area contributed by atoms with E-state index in [-0.39, 0.29) is 0 Å². The summed E-state index contributed by atoms with van der Waals surface area (Å²) in [6, 6.07) is 4.75. The van der Waals surface area contributed by atoms with E-state index in [9.17, 15) is 13.2 Å². The molecule has 114 valence electrons. The molecule has 0 spiro atoms. The molecule has 1 aromatic heterocycles. The molecule has 0 radical (unpaired) electrons. The molecule has 0 aliphatic carbocycles. The van der Waals surface area contributed by atoms with Crippen molar-refractivity contribution in [2.75, 3.05) is 20.2 Å². The Kier molecular flexibility index (Phi) is 3.50. The lowest BCUT2D eigenvalue weighted by Gasteiger charge is -2.25. The summed E-state index contributed by atoms with van der Waals surface area (Å²) in [5.41, 5.74) is -0.113. The van der Waals surface area contributed by atoms with Crippen molar-refractivity contribution >= 4 is 21.1 Å². The van der Waals surface area contributed by atoms with Crippen LogP contribution in [-0.4, -0.2) is 42.1 Å². The van der Waals surface area contributed by atoms with Gasteiger partial charge in [0.2, 0.25) is 0 Å². The van der Waals surface area contributed by atoms with Crippen molar-refractivity contribution in [1.82, 2.24) is 13.5 Å². The molecule has 8 heteroatoms. The first-order chi connectivity index (χ1) is 10.0. The summed E-state index contributed by atoms with van der Waals surface area (Å²) in [6.07, 6.45) is 2.71. The average Bonchev–Trinajstić information content (AvgIpc) is 2.85. The molecule has 0 unspecified atom stereocenters. The number of aromatic nitrogens is 2. The quantitative estimate of drug-likeness (QED) is 0.913. The number of nitrogens with zero attached hydrogens (tertiary/aromatic N) is 2. The molecular formula is C13H17N3O4S. The average molecular weight is 311 g/mol. The molecule has 0 atom stereocenters. The summed E-state index contributed by atoms with van der Waals surface area (Å²) in [7, 11) is -2.26. The Labute approximate surface area is 122 Å². The minimum atomic E-state index is -3.75. The molecule has 21 heavy (non-hydrogen) atoms. The van der Waals surface area contributed by atoms with E-state index in [4.69, 9.17) is 4.74 Å². The summed E-state index contributed by atoms with van der Waals surface area (Å²) in [6.45, 7) is 0.960. The van der Waals surface area contributed by atoms with Crippen LogP contribution in [0.5, 0.6) is 5.75 Å². The maximum absolute atomic E-state index is 12.7. The number of H-pyrrole nitrogens is 1. The third-order valence-corrected chi connectivity index (χ3v) is 5.51. The van der Waals surface area contributed by atoms with E-state index in [1.54, 1.807) is 18.2 Å². The monoisotopic (exact) mass is 311 g/mol. The molecular weight excluding hydrogens is 294 g/mol. The highest BCUT2D eigenvalue weighted by Crippen LogP contribution is 2.22. The number of fused-ring (bicyclic) bond motifs is 1. The van der Waals surface area contributed by atoms with Crippen LogP contribution in [0.3, 0.4) is 0 Å². The van der Waals surface area contributed by atoms with Gasteiger partial charge in [-0.2, -0.15) is 16.8 Å². The van der Waals surface area contributed by atoms with Crippen molar-refractivity contribution in [3.63, 3.8) is 0 Å². The Morgan fingerprint density at radius 2 is 1.90 bits per heavy atom. The van der Waals surface area contributed by atoms with Gasteiger partial charge in [-0.05, 0) is 25.0 Å². The molecule has 1 fully saturated rings. The second-order valence-electron chi connectivity index (χ2n) is 5.06. The lowest BCUT2D eigenvalue weighted by molar-refractivity contribution is 0.341. The standard InChI is InChI=1S/C13H17N3O4S/c1-20-10-5-6-11-12(9-10)16(14-13(11)17)21(18,19)15-7-3-2-4-8-15/h5-6,9H,2-4,7-8H2,1H3,(H,14,17). The minimum Gasteiger partial charge on any atom is -0.497 e. The van der Waals surface area contributed by atoms with Crippen LogP contribution in [0.2, 0.25) is 0 Å². The molecule has 1 saturated heterocycles. The number of benzene rings is 1. The number of methoxy groups -OCH3 is 1. The lowest BCUT2D eigenvalue weighted by atomic mass is 10.2. The second kappa shape index (κ2) is 5.19. The van der Waals surface area contributed by atoms with Gasteiger partial charge in [-0.15, -0.1) is 0 Å². The first-order valence-electron chi connectivity index (χ1n) is 6.83. The van der Waals surface area contributed by atoms with Crippen LogP contribution in [0.4, 0.5) is 0 Å². The first-order valence-corrected chi connectivity index (χ1v) is 8.23. The third kappa shape index (κ3) is 2.34. The lowest BCUT2D eigenvalue weighted by Crippen LogP contribution is -2.40. The van der Waals surface area contributed by atoms with Gasteiger partial charge in [0.1, 0.15) is 5.75 Å². The van der Waals surface area contributed by atoms with Gasteiger partial charge in [-0.1, -0.05) is 6.42 Å². The fourth-order valence-electron chi connectivity index (χ4n) is 2.60. The molecule has 2 heterocycles. The summed E-state index contributed by atoms with van der Waals surface area (Å²) >= 11 is 0. The maximum atomic E-state index is 12.7. The summed E-state index contributed by atoms with van der Waals surface area (Å²) < 4.78 is 32.9. The second-order valence-corrected chi connectivity index (χ2v) is 6.83. The van der Waals surface area contributed by atoms with Crippen LogP contribution in [0.15, 0.2) is 23.0 Å². The third-order valence-electron chi connectivity index (χ3n) is 3.74. The number of aromatic amines is 1. The summed E-state index contributed by atoms with van der Waals surface area (Å²) in [5, 5.41) is 2.75. The van der Waals surface area contributed by atoms with Gasteiger partial charge < -0.3 is 4.74 Å². The van der Waals surface area contributed by atoms with Crippen LogP contribution >= 0.6 is 0 Å². The predicted molar refractivity (Wildman–Crippen MR) is 78.9 cm³/mol. The van der Waals surface area contributed by atoms with Gasteiger partial charge in [-0.25, -0.2) is 5.10 Å². The van der Waals surface area contributed by atoms with Crippen LogP contribution in [0.1, 0.15) is 19.3 Å². The van der Waals surface area contributed by atoms with E-state index in [0.717, 1.165) is 23.3 Å². The Hall–Kier alpha value is -1.80. The van der Waals surface area contributed by atoms with Crippen molar-refractivity contribution in [3.8, 4) is 5.75 Å². The number of nitrogens with one attached hydrogen (secondary N) is 1. The molecule has 7 nitrogen and oxygen atoms in total. The highest BCUT2D eigenvalue weighted by Gasteiger charge is 2.28. The van der Waals surface area contributed by atoms with Gasteiger partial charge >= 0.3 is 10.2 Å². The predicted octanol–water partition coefficient (Wildman–Crippen LogP) is 0.917. The zero-order valence-electron chi connectivity index (χ0n) is 11.7. The smallest absolute Gasteiger partial charge is 0.321 e. The van der Waals surface area contributed by atoms with Crippen LogP contribution in [0, 0.1) is 0 Å². The minimum absolute atomic E-state index is 0.310. The van der Waals surface area contributed by atoms with E-state index in [1.165, 1.54) is 11.4 Å². The maximum Gasteiger partial charge on any atom is 0.321 e. The normalized spacial score (nSPS) is 17.2. The topological polar surface area (TPSA) is 84.4 Å². The zero-order chi connectivity index (χ0) is 15.0. The molecule has 1 N–H and O–H groups in total. The molecule has 1 aliphatic rings. The van der Waals surface area contributed by atoms with Gasteiger partial charge in [0, 0.05) is 19.2 Å². The summed E-state index contributed by atoms with van der Waals surface area (Å²) in [4.78, 5) is 11.9. The fraction of sp³-hybridized carbons (Fsp3) is 0.462. The molecule has 1 aliphatic heterocycles. The number of ether oxygens (including phenoxy) is 1. The van der Waals surface area contributed by atoms with Gasteiger partial charge in [0.15, 0.2) is 0 Å². The highest BCUT2D eigenvalue weighted by atomic mass is 32.2. The van der Waals surface area contributed by atoms with Crippen LogP contribution < -0.4 is 10.3 Å². The molecule has 0 saturated carbocycles. The van der Waals surface area contributed by atoms with E-state index < -0.39 is 15.8 Å². The Balaban J connectivity index is 2.17. The van der Waals surface area contributed by atoms with Gasteiger partial charge in [-0.3, -0.25) is 4.79 Å². The number of piperidine rings is 1. The Bertz CT molecular complexity index is 816. The SMILES string of the molecule is COc1ccc2c(=O)[nH]n(S(=O)(=O)N3CCCCC3)c2c1. The molecule has 2 aromatic rings. The highest BCUT2D eigenvalue weighted by molar-refractivity contribution is 7.87. The van der Waals surface area contributed by atoms with Gasteiger partial charge in [0.25, 0.3) is 5.56 Å². The van der Waals surface area contributed by atoms with Crippen LogP contribution in [-0.2, 0) is 10.2 Å². The fourth-order valence-corrected chi connectivity index (χ4v) is 4.15. The van der Waals surface area contributed by atoms with Gasteiger partial charge in [0.05, 0.1) is 18.0 Å². The van der Waals surface area contributed by atoms with Crippen molar-refractivity contribution in [3.05, 3.63) is 28.6 Å². The van der Waals surface area contributed by atoms with E-state index in [2.05, 4.69) is 5.10 Å². The number of rotatable bonds is 3. The van der Waals surface area contributed by atoms with Crippen molar-refractivity contribution in [2.24, 2.45) is 0 Å². The van der Waals surface area contributed by atoms with E-state index in [0.29, 0.717) is 29.7 Å². The zero-order valence-corrected chi connectivity index (χ0v) is 12.5. The van der Waals surface area contributed by atoms with E-state index in [1.807, 2.05) is 0 Å². The van der Waals surface area contributed by atoms with E-state index >= 15 is 0 Å². The summed E-state index contributed by atoms with van der Waals surface area (Å²) in [5.74, 6) is 0.504. The molecule has 0 amide bonds. The Morgan fingerprint density at radius 3 is 2.57 bits per heavy atom. The Morgan fingerprint density at radius 1 is 1.19 bits per heavy atom. The number of hydrogen-bond acceptors (Lipinski definition) is 4. The molecule has 3 rings (SSSR count). The molecule has 0 bridgehead atoms. The van der Waals surface area contributed by atoms with Crippen molar-refractivity contribution in [1.29, 1.82) is 0 Å². The largest absolute Gasteiger partial charge is 0.497 e. The molecule has 1 aromatic carbocycles.